The Balaban J connectivity index is 4.21. The van der Waals surface area contributed by atoms with Crippen molar-refractivity contribution in [1.82, 2.24) is 4.90 Å². The van der Waals surface area contributed by atoms with Gasteiger partial charge in [0.05, 0.1) is 6.73 Å². The molecular weight excluding hydrogens is 314 g/mol. The zero-order valence-electron chi connectivity index (χ0n) is 15.7. The van der Waals surface area contributed by atoms with Crippen LogP contribution in [0.25, 0.3) is 0 Å². The Labute approximate surface area is 135 Å². The Morgan fingerprint density at radius 3 is 1.19 bits per heavy atom. The van der Waals surface area contributed by atoms with Gasteiger partial charge < -0.3 is 13.3 Å². The number of hydrogen-bond donors (Lipinski definition) is 0. The lowest BCUT2D eigenvalue weighted by atomic mass is 10.5. The Kier molecular flexibility index (Phi) is 9.16. The molecule has 0 N–H and O–H groups in total. The zero-order valence-corrected chi connectivity index (χ0v) is 18.7. The number of nitrogens with zero attached hydrogens (tertiary/aromatic N) is 1. The van der Waals surface area contributed by atoms with Crippen molar-refractivity contribution in [3.8, 4) is 0 Å². The number of rotatable bonds is 11. The normalized spacial score (nSPS) is 14.0. The van der Waals surface area contributed by atoms with Gasteiger partial charge in [-0.2, -0.15) is 0 Å². The molecule has 128 valence electrons. The summed E-state index contributed by atoms with van der Waals surface area (Å²) in [5, 5.41) is 0. The molecule has 0 unspecified atom stereocenters. The van der Waals surface area contributed by atoms with Gasteiger partial charge in [-0.25, -0.2) is 0 Å². The standard InChI is InChI=1S/C14H37NO3Si3/c1-19(2,3)16-12-10-15(14-18-21(7,8)9)11-13-17-20(4,5)6/h10-14H2,1-9H3. The van der Waals surface area contributed by atoms with E-state index in [1.54, 1.807) is 0 Å². The lowest BCUT2D eigenvalue weighted by Crippen LogP contribution is -2.40. The highest BCUT2D eigenvalue weighted by Gasteiger charge is 2.19. The summed E-state index contributed by atoms with van der Waals surface area (Å²) in [5.74, 6) is 0. The summed E-state index contributed by atoms with van der Waals surface area (Å²) in [6, 6.07) is 0. The van der Waals surface area contributed by atoms with E-state index in [1.807, 2.05) is 0 Å². The van der Waals surface area contributed by atoms with Crippen LogP contribution in [-0.4, -0.2) is 62.9 Å². The fraction of sp³-hybridized carbons (Fsp3) is 1.00. The van der Waals surface area contributed by atoms with Gasteiger partial charge in [0.15, 0.2) is 25.0 Å². The van der Waals surface area contributed by atoms with Gasteiger partial charge in [0.2, 0.25) is 0 Å². The first kappa shape index (κ1) is 21.5. The molecule has 0 fully saturated rings. The molecule has 0 spiro atoms. The average molecular weight is 352 g/mol. The molecule has 0 aliphatic heterocycles. The molecule has 0 saturated carbocycles. The van der Waals surface area contributed by atoms with Crippen LogP contribution in [0, 0.1) is 0 Å². The van der Waals surface area contributed by atoms with Gasteiger partial charge in [0.25, 0.3) is 0 Å². The maximum Gasteiger partial charge on any atom is 0.185 e. The van der Waals surface area contributed by atoms with Crippen LogP contribution in [0.2, 0.25) is 58.9 Å². The van der Waals surface area contributed by atoms with Crippen molar-refractivity contribution in [2.24, 2.45) is 0 Å². The van der Waals surface area contributed by atoms with Crippen molar-refractivity contribution in [2.45, 2.75) is 58.9 Å². The highest BCUT2D eigenvalue weighted by atomic mass is 28.4. The minimum atomic E-state index is -1.48. The molecule has 21 heavy (non-hydrogen) atoms. The number of hydrogen-bond acceptors (Lipinski definition) is 4. The lowest BCUT2D eigenvalue weighted by Gasteiger charge is -2.29. The first-order valence-corrected chi connectivity index (χ1v) is 18.2. The minimum Gasteiger partial charge on any atom is -0.416 e. The molecule has 4 nitrogen and oxygen atoms in total. The SMILES string of the molecule is C[Si](C)(C)OCCN(CCO[Si](C)(C)C)CO[Si](C)(C)C. The summed E-state index contributed by atoms with van der Waals surface area (Å²) in [6.07, 6.45) is 0. The van der Waals surface area contributed by atoms with Crippen LogP contribution >= 0.6 is 0 Å². The van der Waals surface area contributed by atoms with E-state index < -0.39 is 25.0 Å². The third kappa shape index (κ3) is 16.7. The molecule has 0 rings (SSSR count). The fourth-order valence-corrected chi connectivity index (χ4v) is 3.46. The molecule has 0 heterocycles. The molecule has 0 aliphatic carbocycles. The van der Waals surface area contributed by atoms with Crippen molar-refractivity contribution in [3.05, 3.63) is 0 Å². The minimum absolute atomic E-state index is 0.694. The summed E-state index contributed by atoms with van der Waals surface area (Å²) >= 11 is 0. The van der Waals surface area contributed by atoms with Gasteiger partial charge >= 0.3 is 0 Å². The smallest absolute Gasteiger partial charge is 0.185 e. The van der Waals surface area contributed by atoms with Crippen LogP contribution in [0.4, 0.5) is 0 Å². The van der Waals surface area contributed by atoms with Gasteiger partial charge in [-0.15, -0.1) is 0 Å². The van der Waals surface area contributed by atoms with E-state index in [0.29, 0.717) is 6.73 Å². The van der Waals surface area contributed by atoms with Crippen LogP contribution < -0.4 is 0 Å². The first-order chi connectivity index (χ1) is 9.29. The molecule has 0 aromatic rings. The van der Waals surface area contributed by atoms with Crippen molar-refractivity contribution in [1.29, 1.82) is 0 Å². The van der Waals surface area contributed by atoms with Gasteiger partial charge in [-0.1, -0.05) is 0 Å². The van der Waals surface area contributed by atoms with E-state index in [0.717, 1.165) is 26.3 Å². The Hall–Kier alpha value is 0.491. The first-order valence-electron chi connectivity index (χ1n) is 7.93. The van der Waals surface area contributed by atoms with Crippen molar-refractivity contribution in [3.63, 3.8) is 0 Å². The van der Waals surface area contributed by atoms with Gasteiger partial charge in [-0.3, -0.25) is 4.90 Å². The maximum atomic E-state index is 6.03. The van der Waals surface area contributed by atoms with Crippen LogP contribution in [0.15, 0.2) is 0 Å². The largest absolute Gasteiger partial charge is 0.416 e. The van der Waals surface area contributed by atoms with E-state index in [4.69, 9.17) is 13.3 Å². The van der Waals surface area contributed by atoms with E-state index in [9.17, 15) is 0 Å². The Bertz CT molecular complexity index is 263. The molecule has 0 aromatic carbocycles. The third-order valence-electron chi connectivity index (χ3n) is 2.57. The molecule has 0 amide bonds. The molecule has 0 radical (unpaired) electrons. The predicted octanol–water partition coefficient (Wildman–Crippen LogP) is 3.80. The zero-order chi connectivity index (χ0) is 16.7. The van der Waals surface area contributed by atoms with Gasteiger partial charge in [-0.05, 0) is 58.9 Å². The second-order valence-corrected chi connectivity index (χ2v) is 22.0. The second-order valence-electron chi connectivity index (χ2n) is 8.43. The summed E-state index contributed by atoms with van der Waals surface area (Å²) in [6.45, 7) is 24.1. The van der Waals surface area contributed by atoms with Crippen LogP contribution in [0.3, 0.4) is 0 Å². The summed E-state index contributed by atoms with van der Waals surface area (Å²) in [5.41, 5.74) is 0. The molecule has 0 atom stereocenters. The van der Waals surface area contributed by atoms with Gasteiger partial charge in [0.1, 0.15) is 0 Å². The van der Waals surface area contributed by atoms with E-state index in [1.165, 1.54) is 0 Å². The van der Waals surface area contributed by atoms with Crippen molar-refractivity contribution >= 4 is 25.0 Å². The van der Waals surface area contributed by atoms with E-state index in [2.05, 4.69) is 63.8 Å². The van der Waals surface area contributed by atoms with E-state index >= 15 is 0 Å². The maximum absolute atomic E-state index is 6.03. The summed E-state index contributed by atoms with van der Waals surface area (Å²) in [4.78, 5) is 2.32. The quantitative estimate of drug-likeness (QED) is 0.418. The molecule has 0 aliphatic rings. The molecular formula is C14H37NO3Si3. The van der Waals surface area contributed by atoms with Crippen molar-refractivity contribution < 1.29 is 13.3 Å². The molecule has 0 aromatic heterocycles. The summed E-state index contributed by atoms with van der Waals surface area (Å²) < 4.78 is 18.0. The monoisotopic (exact) mass is 351 g/mol. The highest BCUT2D eigenvalue weighted by molar-refractivity contribution is 6.70. The Morgan fingerprint density at radius 2 is 0.905 bits per heavy atom. The van der Waals surface area contributed by atoms with Crippen LogP contribution in [-0.2, 0) is 13.3 Å². The van der Waals surface area contributed by atoms with Gasteiger partial charge in [0, 0.05) is 26.3 Å². The summed E-state index contributed by atoms with van der Waals surface area (Å²) in [7, 11) is -4.33. The van der Waals surface area contributed by atoms with Crippen LogP contribution in [0.1, 0.15) is 0 Å². The lowest BCUT2D eigenvalue weighted by molar-refractivity contribution is 0.0868. The van der Waals surface area contributed by atoms with Crippen LogP contribution in [0.5, 0.6) is 0 Å². The molecule has 7 heteroatoms. The second kappa shape index (κ2) is 8.95. The van der Waals surface area contributed by atoms with E-state index in [-0.39, 0.29) is 0 Å². The fourth-order valence-electron chi connectivity index (χ4n) is 1.49. The van der Waals surface area contributed by atoms with Crippen molar-refractivity contribution in [2.75, 3.05) is 33.0 Å². The third-order valence-corrected chi connectivity index (χ3v) is 5.70. The molecule has 0 bridgehead atoms. The average Bonchev–Trinajstić information content (AvgIpc) is 2.20. The topological polar surface area (TPSA) is 30.9 Å². The highest BCUT2D eigenvalue weighted by Crippen LogP contribution is 2.07. The predicted molar refractivity (Wildman–Crippen MR) is 99.5 cm³/mol. The Morgan fingerprint density at radius 1 is 0.571 bits per heavy atom. The molecule has 0 saturated heterocycles.